The number of carbonyl (C=O) groups excluding carboxylic acids is 1. The predicted molar refractivity (Wildman–Crippen MR) is 103 cm³/mol. The summed E-state index contributed by atoms with van der Waals surface area (Å²) in [6.07, 6.45) is 1.94. The second-order valence-electron chi connectivity index (χ2n) is 6.59. The Morgan fingerprint density at radius 2 is 1.81 bits per heavy atom. The minimum atomic E-state index is -3.84. The Bertz CT molecular complexity index is 907. The molecule has 0 aliphatic carbocycles. The first-order chi connectivity index (χ1) is 12.4. The summed E-state index contributed by atoms with van der Waals surface area (Å²) in [6.45, 7) is 3.58. The molecule has 0 spiro atoms. The fraction of sp³-hybridized carbons (Fsp3) is 0.316. The molecule has 2 aromatic rings. The SMILES string of the molecule is CC1CCN(C(=O)c2cccc(S(=O)(=O)Nc3ccccc3Cl)c2)CC1. The highest BCUT2D eigenvalue weighted by molar-refractivity contribution is 7.92. The second-order valence-corrected chi connectivity index (χ2v) is 8.68. The molecule has 1 aliphatic rings. The first-order valence-corrected chi connectivity index (χ1v) is 10.4. The van der Waals surface area contributed by atoms with Gasteiger partial charge in [0.05, 0.1) is 15.6 Å². The van der Waals surface area contributed by atoms with E-state index in [4.69, 9.17) is 11.6 Å². The molecule has 1 aliphatic heterocycles. The van der Waals surface area contributed by atoms with Crippen LogP contribution in [0.5, 0.6) is 0 Å². The van der Waals surface area contributed by atoms with Crippen LogP contribution in [0, 0.1) is 5.92 Å². The monoisotopic (exact) mass is 392 g/mol. The number of carbonyl (C=O) groups is 1. The minimum Gasteiger partial charge on any atom is -0.339 e. The molecule has 1 heterocycles. The van der Waals surface area contributed by atoms with E-state index in [1.165, 1.54) is 12.1 Å². The second kappa shape index (κ2) is 7.68. The van der Waals surface area contributed by atoms with E-state index in [0.29, 0.717) is 35.3 Å². The van der Waals surface area contributed by atoms with Gasteiger partial charge in [-0.25, -0.2) is 8.42 Å². The van der Waals surface area contributed by atoms with Crippen molar-refractivity contribution in [1.29, 1.82) is 0 Å². The summed E-state index contributed by atoms with van der Waals surface area (Å²) in [4.78, 5) is 14.5. The molecule has 1 N–H and O–H groups in total. The largest absolute Gasteiger partial charge is 0.339 e. The fourth-order valence-corrected chi connectivity index (χ4v) is 4.30. The van der Waals surface area contributed by atoms with Gasteiger partial charge < -0.3 is 4.90 Å². The molecule has 138 valence electrons. The molecule has 0 unspecified atom stereocenters. The Morgan fingerprint density at radius 1 is 1.12 bits per heavy atom. The summed E-state index contributed by atoms with van der Waals surface area (Å²) in [5.74, 6) is 0.484. The maximum Gasteiger partial charge on any atom is 0.261 e. The minimum absolute atomic E-state index is 0.0358. The first-order valence-electron chi connectivity index (χ1n) is 8.53. The molecule has 1 fully saturated rings. The molecule has 0 bridgehead atoms. The van der Waals surface area contributed by atoms with Gasteiger partial charge in [0.1, 0.15) is 0 Å². The van der Waals surface area contributed by atoms with Crippen LogP contribution in [-0.2, 0) is 10.0 Å². The molecule has 7 heteroatoms. The topological polar surface area (TPSA) is 66.5 Å². The smallest absolute Gasteiger partial charge is 0.261 e. The van der Waals surface area contributed by atoms with Crippen LogP contribution in [0.1, 0.15) is 30.1 Å². The number of hydrogen-bond acceptors (Lipinski definition) is 3. The molecule has 26 heavy (non-hydrogen) atoms. The number of sulfonamides is 1. The van der Waals surface area contributed by atoms with Gasteiger partial charge >= 0.3 is 0 Å². The third kappa shape index (κ3) is 4.19. The van der Waals surface area contributed by atoms with Gasteiger partial charge in [0.25, 0.3) is 15.9 Å². The molecule has 1 saturated heterocycles. The summed E-state index contributed by atoms with van der Waals surface area (Å²) >= 11 is 6.03. The first kappa shape index (κ1) is 18.7. The van der Waals surface area contributed by atoms with Gasteiger partial charge in [0.2, 0.25) is 0 Å². The Hall–Kier alpha value is -2.05. The lowest BCUT2D eigenvalue weighted by Crippen LogP contribution is -2.37. The molecule has 2 aromatic carbocycles. The van der Waals surface area contributed by atoms with E-state index in [1.54, 1.807) is 41.3 Å². The Labute approximate surface area is 159 Å². The third-order valence-electron chi connectivity index (χ3n) is 4.58. The number of halogens is 1. The zero-order chi connectivity index (χ0) is 18.7. The van der Waals surface area contributed by atoms with Crippen molar-refractivity contribution in [2.24, 2.45) is 5.92 Å². The molecular formula is C19H21ClN2O3S. The number of nitrogens with zero attached hydrogens (tertiary/aromatic N) is 1. The van der Waals surface area contributed by atoms with Gasteiger partial charge in [-0.3, -0.25) is 9.52 Å². The summed E-state index contributed by atoms with van der Waals surface area (Å²) < 4.78 is 27.8. The van der Waals surface area contributed by atoms with Crippen molar-refractivity contribution in [2.75, 3.05) is 17.8 Å². The average molecular weight is 393 g/mol. The van der Waals surface area contributed by atoms with E-state index in [-0.39, 0.29) is 10.8 Å². The number of hydrogen-bond donors (Lipinski definition) is 1. The molecular weight excluding hydrogens is 372 g/mol. The van der Waals surface area contributed by atoms with Crippen LogP contribution in [0.3, 0.4) is 0 Å². The van der Waals surface area contributed by atoms with Gasteiger partial charge in [-0.15, -0.1) is 0 Å². The number of benzene rings is 2. The van der Waals surface area contributed by atoms with E-state index in [2.05, 4.69) is 11.6 Å². The van der Waals surface area contributed by atoms with Gasteiger partial charge in [-0.2, -0.15) is 0 Å². The number of anilines is 1. The number of likely N-dealkylation sites (tertiary alicyclic amines) is 1. The van der Waals surface area contributed by atoms with Crippen LogP contribution >= 0.6 is 11.6 Å². The lowest BCUT2D eigenvalue weighted by Gasteiger charge is -2.30. The summed E-state index contributed by atoms with van der Waals surface area (Å²) in [5.41, 5.74) is 0.678. The zero-order valence-electron chi connectivity index (χ0n) is 14.5. The lowest BCUT2D eigenvalue weighted by molar-refractivity contribution is 0.0697. The van der Waals surface area contributed by atoms with Crippen LogP contribution in [0.4, 0.5) is 5.69 Å². The number of nitrogens with one attached hydrogen (secondary N) is 1. The van der Waals surface area contributed by atoms with Crippen molar-refractivity contribution in [1.82, 2.24) is 4.90 Å². The van der Waals surface area contributed by atoms with Crippen molar-refractivity contribution in [2.45, 2.75) is 24.7 Å². The molecule has 0 saturated carbocycles. The van der Waals surface area contributed by atoms with E-state index < -0.39 is 10.0 Å². The average Bonchev–Trinajstić information content (AvgIpc) is 2.64. The van der Waals surface area contributed by atoms with Crippen LogP contribution in [0.15, 0.2) is 53.4 Å². The quantitative estimate of drug-likeness (QED) is 0.854. The molecule has 0 radical (unpaired) electrons. The molecule has 3 rings (SSSR count). The van der Waals surface area contributed by atoms with Crippen LogP contribution in [-0.4, -0.2) is 32.3 Å². The van der Waals surface area contributed by atoms with Gasteiger partial charge in [0, 0.05) is 18.7 Å². The van der Waals surface area contributed by atoms with Crippen molar-refractivity contribution in [3.8, 4) is 0 Å². The zero-order valence-corrected chi connectivity index (χ0v) is 16.1. The standard InChI is InChI=1S/C19H21ClN2O3S/c1-14-9-11-22(12-10-14)19(23)15-5-4-6-16(13-15)26(24,25)21-18-8-3-2-7-17(18)20/h2-8,13-14,21H,9-12H2,1H3. The molecule has 0 aromatic heterocycles. The highest BCUT2D eigenvalue weighted by Gasteiger charge is 2.23. The van der Waals surface area contributed by atoms with Gasteiger partial charge in [0.15, 0.2) is 0 Å². The molecule has 1 amide bonds. The number of para-hydroxylation sites is 1. The highest BCUT2D eigenvalue weighted by atomic mass is 35.5. The number of amides is 1. The maximum atomic E-state index is 12.7. The third-order valence-corrected chi connectivity index (χ3v) is 6.27. The normalized spacial score (nSPS) is 15.7. The maximum absolute atomic E-state index is 12.7. The summed E-state index contributed by atoms with van der Waals surface area (Å²) in [5, 5.41) is 0.311. The van der Waals surface area contributed by atoms with Crippen LogP contribution < -0.4 is 4.72 Å². The van der Waals surface area contributed by atoms with Crippen LogP contribution in [0.2, 0.25) is 5.02 Å². The Kier molecular flexibility index (Phi) is 5.53. The van der Waals surface area contributed by atoms with E-state index >= 15 is 0 Å². The number of rotatable bonds is 4. The van der Waals surface area contributed by atoms with Crippen LogP contribution in [0.25, 0.3) is 0 Å². The van der Waals surface area contributed by atoms with Crippen molar-refractivity contribution in [3.05, 3.63) is 59.1 Å². The van der Waals surface area contributed by atoms with Gasteiger partial charge in [-0.1, -0.05) is 36.7 Å². The fourth-order valence-electron chi connectivity index (χ4n) is 2.94. The highest BCUT2D eigenvalue weighted by Crippen LogP contribution is 2.25. The Morgan fingerprint density at radius 3 is 2.50 bits per heavy atom. The van der Waals surface area contributed by atoms with Crippen molar-refractivity contribution in [3.63, 3.8) is 0 Å². The van der Waals surface area contributed by atoms with E-state index in [9.17, 15) is 13.2 Å². The molecule has 5 nitrogen and oxygen atoms in total. The molecule has 0 atom stereocenters. The summed E-state index contributed by atoms with van der Waals surface area (Å²) in [7, 11) is -3.84. The van der Waals surface area contributed by atoms with E-state index in [1.807, 2.05) is 0 Å². The number of piperidine rings is 1. The Balaban J connectivity index is 1.82. The predicted octanol–water partition coefficient (Wildman–Crippen LogP) is 4.01. The summed E-state index contributed by atoms with van der Waals surface area (Å²) in [6, 6.07) is 12.7. The lowest BCUT2D eigenvalue weighted by atomic mass is 9.98. The van der Waals surface area contributed by atoms with Crippen molar-refractivity contribution >= 4 is 33.2 Å². The van der Waals surface area contributed by atoms with Gasteiger partial charge in [-0.05, 0) is 49.1 Å². The van der Waals surface area contributed by atoms with Crippen molar-refractivity contribution < 1.29 is 13.2 Å². The van der Waals surface area contributed by atoms with E-state index in [0.717, 1.165) is 12.8 Å².